The molecule has 0 aliphatic carbocycles. The van der Waals surface area contributed by atoms with Gasteiger partial charge in [-0.2, -0.15) is 4.31 Å². The van der Waals surface area contributed by atoms with Crippen LogP contribution in [-0.4, -0.2) is 43.9 Å². The Labute approximate surface area is 119 Å². The lowest BCUT2D eigenvalue weighted by molar-refractivity contribution is 0.360. The molecule has 0 amide bonds. The van der Waals surface area contributed by atoms with Gasteiger partial charge in [0.05, 0.1) is 4.90 Å². The summed E-state index contributed by atoms with van der Waals surface area (Å²) in [5, 5.41) is 4.74. The average Bonchev–Trinajstić information content (AvgIpc) is 2.47. The van der Waals surface area contributed by atoms with E-state index in [-0.39, 0.29) is 7.43 Å². The quantitative estimate of drug-likeness (QED) is 0.910. The summed E-state index contributed by atoms with van der Waals surface area (Å²) in [5.74, 6) is 0. The Kier molecular flexibility index (Phi) is 4.37. The maximum atomic E-state index is 12.7. The van der Waals surface area contributed by atoms with E-state index in [4.69, 9.17) is 0 Å². The predicted octanol–water partition coefficient (Wildman–Crippen LogP) is 1.46. The van der Waals surface area contributed by atoms with E-state index in [9.17, 15) is 8.42 Å². The number of hydrogen-bond donors (Lipinski definition) is 1. The number of nitrogens with zero attached hydrogens (tertiary/aromatic N) is 2. The molecule has 2 heterocycles. The molecular weight excluding hydrogens is 274 g/mol. The first-order valence-electron chi connectivity index (χ1n) is 6.23. The van der Waals surface area contributed by atoms with Gasteiger partial charge in [-0.15, -0.1) is 0 Å². The molecule has 0 atom stereocenters. The van der Waals surface area contributed by atoms with Gasteiger partial charge in [0, 0.05) is 49.3 Å². The molecule has 5 nitrogen and oxygen atoms in total. The Hall–Kier alpha value is -1.50. The maximum absolute atomic E-state index is 12.7. The van der Waals surface area contributed by atoms with Crippen LogP contribution < -0.4 is 5.32 Å². The smallest absolute Gasteiger partial charge is 0.243 e. The molecule has 2 aromatic rings. The van der Waals surface area contributed by atoms with Gasteiger partial charge in [-0.05, 0) is 12.1 Å². The van der Waals surface area contributed by atoms with Crippen LogP contribution in [0.2, 0.25) is 0 Å². The zero-order valence-electron chi connectivity index (χ0n) is 10.4. The van der Waals surface area contributed by atoms with Crippen molar-refractivity contribution in [1.82, 2.24) is 14.6 Å². The number of nitrogens with one attached hydrogen (secondary N) is 1. The molecule has 1 saturated heterocycles. The summed E-state index contributed by atoms with van der Waals surface area (Å²) in [5.41, 5.74) is 0. The van der Waals surface area contributed by atoms with Crippen LogP contribution in [-0.2, 0) is 10.0 Å². The summed E-state index contributed by atoms with van der Waals surface area (Å²) in [6.07, 6.45) is 3.31. The lowest BCUT2D eigenvalue weighted by Gasteiger charge is -2.27. The van der Waals surface area contributed by atoms with E-state index >= 15 is 0 Å². The van der Waals surface area contributed by atoms with Crippen molar-refractivity contribution in [3.63, 3.8) is 0 Å². The van der Waals surface area contributed by atoms with Gasteiger partial charge in [-0.1, -0.05) is 19.6 Å². The average molecular weight is 293 g/mol. The molecule has 0 bridgehead atoms. The molecule has 0 spiro atoms. The van der Waals surface area contributed by atoms with Gasteiger partial charge in [0.25, 0.3) is 0 Å². The normalized spacial score (nSPS) is 16.8. The minimum Gasteiger partial charge on any atom is -0.314 e. The topological polar surface area (TPSA) is 62.3 Å². The molecule has 1 aliphatic heterocycles. The van der Waals surface area contributed by atoms with Crippen molar-refractivity contribution < 1.29 is 8.42 Å². The second-order valence-corrected chi connectivity index (χ2v) is 6.41. The van der Waals surface area contributed by atoms with E-state index in [1.165, 1.54) is 0 Å². The number of piperazine rings is 1. The standard InChI is InChI=1S/C13H15N3O2S.CH4/c17-19(18,16-8-6-14-7-9-16)13-3-1-2-11-10-15-5-4-12(11)13;/h1-5,10,14H,6-9H2;1H4. The number of hydrogen-bond acceptors (Lipinski definition) is 4. The van der Waals surface area contributed by atoms with Crippen molar-refractivity contribution in [2.75, 3.05) is 26.2 Å². The Morgan fingerprint density at radius 1 is 1.15 bits per heavy atom. The van der Waals surface area contributed by atoms with Gasteiger partial charge < -0.3 is 5.32 Å². The molecule has 1 aromatic carbocycles. The number of benzene rings is 1. The van der Waals surface area contributed by atoms with E-state index in [0.29, 0.717) is 31.1 Å². The van der Waals surface area contributed by atoms with Crippen molar-refractivity contribution in [3.8, 4) is 0 Å². The third-order valence-corrected chi connectivity index (χ3v) is 5.29. The van der Waals surface area contributed by atoms with Crippen LogP contribution >= 0.6 is 0 Å². The molecule has 108 valence electrons. The van der Waals surface area contributed by atoms with Gasteiger partial charge in [-0.3, -0.25) is 4.98 Å². The lowest BCUT2D eigenvalue weighted by atomic mass is 10.2. The summed E-state index contributed by atoms with van der Waals surface area (Å²) in [6, 6.07) is 7.06. The van der Waals surface area contributed by atoms with Gasteiger partial charge >= 0.3 is 0 Å². The fourth-order valence-electron chi connectivity index (χ4n) is 2.34. The Bertz CT molecular complexity index is 689. The van der Waals surface area contributed by atoms with Gasteiger partial charge in [0.1, 0.15) is 0 Å². The molecule has 1 aliphatic rings. The fourth-order valence-corrected chi connectivity index (χ4v) is 4.00. The van der Waals surface area contributed by atoms with Crippen LogP contribution in [0.4, 0.5) is 0 Å². The highest BCUT2D eigenvalue weighted by Crippen LogP contribution is 2.25. The monoisotopic (exact) mass is 293 g/mol. The minimum atomic E-state index is -3.42. The summed E-state index contributed by atoms with van der Waals surface area (Å²) in [7, 11) is -3.42. The molecule has 1 fully saturated rings. The van der Waals surface area contributed by atoms with Crippen molar-refractivity contribution in [2.45, 2.75) is 12.3 Å². The van der Waals surface area contributed by atoms with Crippen LogP contribution in [0.5, 0.6) is 0 Å². The first kappa shape index (κ1) is 14.9. The molecule has 6 heteroatoms. The van der Waals surface area contributed by atoms with Gasteiger partial charge in [0.2, 0.25) is 10.0 Å². The highest BCUT2D eigenvalue weighted by molar-refractivity contribution is 7.89. The highest BCUT2D eigenvalue weighted by atomic mass is 32.2. The van der Waals surface area contributed by atoms with Crippen LogP contribution in [0.1, 0.15) is 7.43 Å². The van der Waals surface area contributed by atoms with E-state index in [0.717, 1.165) is 10.8 Å². The first-order valence-corrected chi connectivity index (χ1v) is 7.67. The zero-order chi connectivity index (χ0) is 13.3. The van der Waals surface area contributed by atoms with Crippen molar-refractivity contribution in [2.24, 2.45) is 0 Å². The number of sulfonamides is 1. The molecule has 1 aromatic heterocycles. The Morgan fingerprint density at radius 2 is 1.90 bits per heavy atom. The molecular formula is C14H19N3O2S. The Balaban J connectivity index is 0.00000147. The van der Waals surface area contributed by atoms with Crippen LogP contribution in [0, 0.1) is 0 Å². The third kappa shape index (κ3) is 2.54. The molecule has 1 N–H and O–H groups in total. The molecule has 3 rings (SSSR count). The number of rotatable bonds is 2. The Morgan fingerprint density at radius 3 is 2.65 bits per heavy atom. The van der Waals surface area contributed by atoms with Crippen molar-refractivity contribution in [3.05, 3.63) is 36.7 Å². The SMILES string of the molecule is C.O=S(=O)(c1cccc2cnccc12)N1CCNCC1. The molecule has 0 unspecified atom stereocenters. The fraction of sp³-hybridized carbons (Fsp3) is 0.357. The molecule has 20 heavy (non-hydrogen) atoms. The zero-order valence-corrected chi connectivity index (χ0v) is 11.2. The number of fused-ring (bicyclic) bond motifs is 1. The van der Waals surface area contributed by atoms with E-state index < -0.39 is 10.0 Å². The van der Waals surface area contributed by atoms with Gasteiger partial charge in [0.15, 0.2) is 0 Å². The van der Waals surface area contributed by atoms with Crippen LogP contribution in [0.25, 0.3) is 10.8 Å². The summed E-state index contributed by atoms with van der Waals surface area (Å²) in [4.78, 5) is 4.40. The lowest BCUT2D eigenvalue weighted by Crippen LogP contribution is -2.46. The first-order chi connectivity index (χ1) is 9.19. The number of pyridine rings is 1. The van der Waals surface area contributed by atoms with Crippen LogP contribution in [0.3, 0.4) is 0 Å². The summed E-state index contributed by atoms with van der Waals surface area (Å²) >= 11 is 0. The second kappa shape index (κ2) is 5.87. The van der Waals surface area contributed by atoms with Crippen molar-refractivity contribution in [1.29, 1.82) is 0 Å². The molecule has 0 saturated carbocycles. The summed E-state index contributed by atoms with van der Waals surface area (Å²) < 4.78 is 26.9. The molecule has 0 radical (unpaired) electrons. The largest absolute Gasteiger partial charge is 0.314 e. The van der Waals surface area contributed by atoms with Gasteiger partial charge in [-0.25, -0.2) is 8.42 Å². The predicted molar refractivity (Wildman–Crippen MR) is 80.1 cm³/mol. The maximum Gasteiger partial charge on any atom is 0.243 e. The number of aromatic nitrogens is 1. The van der Waals surface area contributed by atoms with E-state index in [1.54, 1.807) is 34.9 Å². The third-order valence-electron chi connectivity index (χ3n) is 3.33. The minimum absolute atomic E-state index is 0. The highest BCUT2D eigenvalue weighted by Gasteiger charge is 2.27. The van der Waals surface area contributed by atoms with E-state index in [2.05, 4.69) is 10.3 Å². The van der Waals surface area contributed by atoms with Crippen molar-refractivity contribution >= 4 is 20.8 Å². The van der Waals surface area contributed by atoms with E-state index in [1.807, 2.05) is 6.07 Å². The summed E-state index contributed by atoms with van der Waals surface area (Å²) in [6.45, 7) is 2.44. The second-order valence-electron chi connectivity index (χ2n) is 4.51. The van der Waals surface area contributed by atoms with Crippen LogP contribution in [0.15, 0.2) is 41.6 Å².